The molecule has 1 aliphatic carbocycles. The number of nitrogens with zero attached hydrogens (tertiary/aromatic N) is 2. The zero-order valence-corrected chi connectivity index (χ0v) is 12.5. The van der Waals surface area contributed by atoms with Crippen LogP contribution in [-0.2, 0) is 0 Å². The maximum Gasteiger partial charge on any atom is 0.321 e. The molecule has 1 atom stereocenters. The first kappa shape index (κ1) is 15.2. The van der Waals surface area contributed by atoms with E-state index in [9.17, 15) is 4.79 Å². The number of benzene rings is 1. The Labute approximate surface area is 125 Å². The number of hydrogen-bond acceptors (Lipinski definition) is 3. The number of carbonyl (C=O) groups is 1. The number of carbonyl (C=O) groups excluding carboxylic acids is 1. The molecule has 0 unspecified atom stereocenters. The second kappa shape index (κ2) is 6.98. The Morgan fingerprint density at radius 3 is 2.71 bits per heavy atom. The maximum atomic E-state index is 12.0. The lowest BCUT2D eigenvalue weighted by Crippen LogP contribution is -2.38. The van der Waals surface area contributed by atoms with Crippen LogP contribution in [0, 0.1) is 17.2 Å². The van der Waals surface area contributed by atoms with E-state index >= 15 is 0 Å². The van der Waals surface area contributed by atoms with E-state index < -0.39 is 0 Å². The molecular weight excluding hydrogens is 266 g/mol. The summed E-state index contributed by atoms with van der Waals surface area (Å²) in [5, 5.41) is 11.5. The van der Waals surface area contributed by atoms with Crippen LogP contribution in [0.1, 0.15) is 26.2 Å². The lowest BCUT2D eigenvalue weighted by molar-refractivity contribution is 0.208. The van der Waals surface area contributed by atoms with Crippen molar-refractivity contribution in [1.29, 1.82) is 5.26 Å². The molecule has 0 bridgehead atoms. The summed E-state index contributed by atoms with van der Waals surface area (Å²) in [6.07, 6.45) is 2.85. The molecule has 0 heterocycles. The van der Waals surface area contributed by atoms with Crippen LogP contribution < -0.4 is 10.1 Å². The lowest BCUT2D eigenvalue weighted by atomic mass is 10.2. The van der Waals surface area contributed by atoms with Gasteiger partial charge in [-0.1, -0.05) is 0 Å². The standard InChI is InChI=1S/C16H21N3O2/c1-12(9-10-17)19(2)16(20)18-14-5-7-15(8-6-14)21-11-13-3-4-13/h5-8,12-13H,3-4,9,11H2,1-2H3,(H,18,20)/t12-/m1/s1. The fourth-order valence-corrected chi connectivity index (χ4v) is 1.81. The quantitative estimate of drug-likeness (QED) is 0.873. The first-order chi connectivity index (χ1) is 10.1. The Kier molecular flexibility index (Phi) is 5.04. The van der Waals surface area contributed by atoms with E-state index in [0.717, 1.165) is 24.0 Å². The summed E-state index contributed by atoms with van der Waals surface area (Å²) in [6.45, 7) is 2.62. The van der Waals surface area contributed by atoms with E-state index in [0.29, 0.717) is 6.42 Å². The molecule has 5 nitrogen and oxygen atoms in total. The van der Waals surface area contributed by atoms with Gasteiger partial charge in [0.15, 0.2) is 0 Å². The molecule has 0 radical (unpaired) electrons. The second-order valence-electron chi connectivity index (χ2n) is 5.53. The van der Waals surface area contributed by atoms with Gasteiger partial charge in [-0.3, -0.25) is 0 Å². The summed E-state index contributed by atoms with van der Waals surface area (Å²) in [5.41, 5.74) is 0.717. The van der Waals surface area contributed by atoms with E-state index in [1.807, 2.05) is 31.2 Å². The van der Waals surface area contributed by atoms with Gasteiger partial charge in [0.1, 0.15) is 5.75 Å². The van der Waals surface area contributed by atoms with Crippen LogP contribution in [0.5, 0.6) is 5.75 Å². The summed E-state index contributed by atoms with van der Waals surface area (Å²) in [4.78, 5) is 13.5. The van der Waals surface area contributed by atoms with E-state index in [1.54, 1.807) is 7.05 Å². The molecule has 2 rings (SSSR count). The maximum absolute atomic E-state index is 12.0. The topological polar surface area (TPSA) is 65.4 Å². The molecule has 0 aliphatic heterocycles. The molecule has 0 saturated heterocycles. The molecule has 1 saturated carbocycles. The third-order valence-corrected chi connectivity index (χ3v) is 3.66. The summed E-state index contributed by atoms with van der Waals surface area (Å²) >= 11 is 0. The monoisotopic (exact) mass is 287 g/mol. The minimum atomic E-state index is -0.218. The van der Waals surface area contributed by atoms with Gasteiger partial charge in [0.25, 0.3) is 0 Å². The van der Waals surface area contributed by atoms with Crippen molar-refractivity contribution >= 4 is 11.7 Å². The highest BCUT2D eigenvalue weighted by Gasteiger charge is 2.21. The zero-order valence-electron chi connectivity index (χ0n) is 12.5. The summed E-state index contributed by atoms with van der Waals surface area (Å²) in [7, 11) is 1.68. The Morgan fingerprint density at radius 1 is 1.48 bits per heavy atom. The van der Waals surface area contributed by atoms with Crippen LogP contribution in [0.2, 0.25) is 0 Å². The van der Waals surface area contributed by atoms with Gasteiger partial charge in [-0.15, -0.1) is 0 Å². The van der Waals surface area contributed by atoms with Gasteiger partial charge in [0.2, 0.25) is 0 Å². The second-order valence-corrected chi connectivity index (χ2v) is 5.53. The van der Waals surface area contributed by atoms with Crippen molar-refractivity contribution in [1.82, 2.24) is 4.90 Å². The lowest BCUT2D eigenvalue weighted by Gasteiger charge is -2.23. The van der Waals surface area contributed by atoms with E-state index in [4.69, 9.17) is 10.00 Å². The molecule has 1 aromatic carbocycles. The number of rotatable bonds is 6. The largest absolute Gasteiger partial charge is 0.493 e. The van der Waals surface area contributed by atoms with E-state index in [2.05, 4.69) is 11.4 Å². The molecule has 0 aromatic heterocycles. The Balaban J connectivity index is 1.84. The molecule has 1 N–H and O–H groups in total. The number of hydrogen-bond donors (Lipinski definition) is 1. The average molecular weight is 287 g/mol. The molecule has 2 amide bonds. The van der Waals surface area contributed by atoms with Crippen molar-refractivity contribution in [3.8, 4) is 11.8 Å². The van der Waals surface area contributed by atoms with Gasteiger partial charge in [-0.25, -0.2) is 4.79 Å². The van der Waals surface area contributed by atoms with E-state index in [-0.39, 0.29) is 12.1 Å². The fourth-order valence-electron chi connectivity index (χ4n) is 1.81. The van der Waals surface area contributed by atoms with Crippen LogP contribution in [0.3, 0.4) is 0 Å². The van der Waals surface area contributed by atoms with Crippen LogP contribution in [0.4, 0.5) is 10.5 Å². The predicted octanol–water partition coefficient (Wildman–Crippen LogP) is 3.24. The van der Waals surface area contributed by atoms with Crippen molar-refractivity contribution in [3.05, 3.63) is 24.3 Å². The minimum absolute atomic E-state index is 0.115. The highest BCUT2D eigenvalue weighted by atomic mass is 16.5. The van der Waals surface area contributed by atoms with Crippen molar-refractivity contribution in [3.63, 3.8) is 0 Å². The average Bonchev–Trinajstić information content (AvgIpc) is 3.30. The molecule has 1 aliphatic rings. The first-order valence-electron chi connectivity index (χ1n) is 7.23. The number of amides is 2. The summed E-state index contributed by atoms with van der Waals surface area (Å²) in [6, 6.07) is 9.09. The SMILES string of the molecule is C[C@H](CC#N)N(C)C(=O)Nc1ccc(OCC2CC2)cc1. The van der Waals surface area contributed by atoms with Crippen molar-refractivity contribution in [2.45, 2.75) is 32.2 Å². The predicted molar refractivity (Wildman–Crippen MR) is 81.1 cm³/mol. The van der Waals surface area contributed by atoms with Crippen LogP contribution in [0.15, 0.2) is 24.3 Å². The van der Waals surface area contributed by atoms with Gasteiger partial charge in [0.05, 0.1) is 19.1 Å². The van der Waals surface area contributed by atoms with Crippen LogP contribution in [-0.4, -0.2) is 30.6 Å². The normalized spacial score (nSPS) is 14.9. The van der Waals surface area contributed by atoms with Crippen LogP contribution in [0.25, 0.3) is 0 Å². The number of urea groups is 1. The highest BCUT2D eigenvalue weighted by Crippen LogP contribution is 2.29. The molecule has 1 fully saturated rings. The van der Waals surface area contributed by atoms with Crippen LogP contribution >= 0.6 is 0 Å². The van der Waals surface area contributed by atoms with Crippen molar-refractivity contribution in [2.24, 2.45) is 5.92 Å². The number of nitrogens with one attached hydrogen (secondary N) is 1. The number of nitriles is 1. The summed E-state index contributed by atoms with van der Waals surface area (Å²) < 4.78 is 5.65. The van der Waals surface area contributed by atoms with Gasteiger partial charge in [-0.2, -0.15) is 5.26 Å². The minimum Gasteiger partial charge on any atom is -0.493 e. The summed E-state index contributed by atoms with van der Waals surface area (Å²) in [5.74, 6) is 1.55. The van der Waals surface area contributed by atoms with Gasteiger partial charge < -0.3 is 15.0 Å². The number of anilines is 1. The molecule has 5 heteroatoms. The zero-order chi connectivity index (χ0) is 15.2. The van der Waals surface area contributed by atoms with Crippen molar-refractivity contribution in [2.75, 3.05) is 19.0 Å². The Morgan fingerprint density at radius 2 is 2.14 bits per heavy atom. The van der Waals surface area contributed by atoms with Gasteiger partial charge in [0, 0.05) is 18.8 Å². The van der Waals surface area contributed by atoms with Gasteiger partial charge >= 0.3 is 6.03 Å². The molecule has 1 aromatic rings. The Hall–Kier alpha value is -2.22. The highest BCUT2D eigenvalue weighted by molar-refractivity contribution is 5.89. The molecule has 0 spiro atoms. The third-order valence-electron chi connectivity index (χ3n) is 3.66. The first-order valence-corrected chi connectivity index (χ1v) is 7.23. The van der Waals surface area contributed by atoms with Crippen molar-refractivity contribution < 1.29 is 9.53 Å². The Bertz CT molecular complexity index is 517. The third kappa shape index (κ3) is 4.67. The molecule has 112 valence electrons. The molecule has 21 heavy (non-hydrogen) atoms. The van der Waals surface area contributed by atoms with Gasteiger partial charge in [-0.05, 0) is 49.9 Å². The van der Waals surface area contributed by atoms with E-state index in [1.165, 1.54) is 17.7 Å². The smallest absolute Gasteiger partial charge is 0.321 e. The number of ether oxygens (including phenoxy) is 1. The molecular formula is C16H21N3O2. The fraction of sp³-hybridized carbons (Fsp3) is 0.500.